The molecule has 0 amide bonds. The zero-order valence-corrected chi connectivity index (χ0v) is 16.8. The predicted molar refractivity (Wildman–Crippen MR) is 109 cm³/mol. The molecule has 6 nitrogen and oxygen atoms in total. The van der Waals surface area contributed by atoms with Crippen molar-refractivity contribution in [3.8, 4) is 0 Å². The zero-order valence-electron chi connectivity index (χ0n) is 16.8. The van der Waals surface area contributed by atoms with Crippen LogP contribution in [0, 0.1) is 11.7 Å². The van der Waals surface area contributed by atoms with Gasteiger partial charge in [0.15, 0.2) is 11.5 Å². The van der Waals surface area contributed by atoms with Gasteiger partial charge in [-0.25, -0.2) is 28.1 Å². The van der Waals surface area contributed by atoms with Gasteiger partial charge >= 0.3 is 0 Å². The fraction of sp³-hybridized carbons (Fsp3) is 0.409. The summed E-state index contributed by atoms with van der Waals surface area (Å²) >= 11 is 0. The van der Waals surface area contributed by atoms with Crippen molar-refractivity contribution >= 4 is 17.2 Å². The van der Waals surface area contributed by atoms with Crippen LogP contribution >= 0.6 is 0 Å². The number of nitrogens with one attached hydrogen (secondary N) is 1. The predicted octanol–water partition coefficient (Wildman–Crippen LogP) is 3.98. The Bertz CT molecular complexity index is 1170. The largest absolute Gasteiger partial charge is 0.390 e. The van der Waals surface area contributed by atoms with Crippen LogP contribution in [0.1, 0.15) is 48.2 Å². The molecule has 2 aliphatic carbocycles. The SMILES string of the molecule is OCc1cnc2c(F)cc(C3=CCCCc4nc(NCC(F)(F)C5CC5)ncc43)cn12. The highest BCUT2D eigenvalue weighted by atomic mass is 19.3. The van der Waals surface area contributed by atoms with Crippen LogP contribution in [0.2, 0.25) is 0 Å². The van der Waals surface area contributed by atoms with Crippen molar-refractivity contribution in [2.45, 2.75) is 44.6 Å². The first-order chi connectivity index (χ1) is 15.0. The van der Waals surface area contributed by atoms with Crippen LogP contribution in [0.5, 0.6) is 0 Å². The van der Waals surface area contributed by atoms with Crippen molar-refractivity contribution in [2.75, 3.05) is 11.9 Å². The van der Waals surface area contributed by atoms with E-state index < -0.39 is 24.2 Å². The standard InChI is InChI=1S/C22H22F3N5O/c23-18-7-13(10-30-15(11-31)8-26-20(18)30)16-3-1-2-4-19-17(16)9-27-21(29-19)28-12-22(24,25)14-5-6-14/h3,7-10,14,31H,1-2,4-6,11-12H2,(H,27,28,29). The van der Waals surface area contributed by atoms with Gasteiger partial charge in [0.1, 0.15) is 0 Å². The van der Waals surface area contributed by atoms with Crippen molar-refractivity contribution in [1.29, 1.82) is 0 Å². The van der Waals surface area contributed by atoms with E-state index in [0.29, 0.717) is 30.5 Å². The highest BCUT2D eigenvalue weighted by molar-refractivity contribution is 5.81. The molecule has 9 heteroatoms. The minimum atomic E-state index is -2.76. The van der Waals surface area contributed by atoms with Crippen molar-refractivity contribution in [2.24, 2.45) is 5.92 Å². The number of allylic oxidation sites excluding steroid dienone is 1. The first-order valence-corrected chi connectivity index (χ1v) is 10.4. The molecule has 2 N–H and O–H groups in total. The van der Waals surface area contributed by atoms with E-state index >= 15 is 0 Å². The average molecular weight is 429 g/mol. The van der Waals surface area contributed by atoms with E-state index in [1.807, 2.05) is 6.08 Å². The fourth-order valence-corrected chi connectivity index (χ4v) is 4.02. The van der Waals surface area contributed by atoms with Crippen LogP contribution in [0.3, 0.4) is 0 Å². The number of aliphatic hydroxyl groups excluding tert-OH is 1. The van der Waals surface area contributed by atoms with E-state index in [1.54, 1.807) is 12.4 Å². The number of aromatic nitrogens is 4. The van der Waals surface area contributed by atoms with Gasteiger partial charge in [-0.2, -0.15) is 0 Å². The van der Waals surface area contributed by atoms with Gasteiger partial charge in [-0.05, 0) is 43.7 Å². The van der Waals surface area contributed by atoms with Crippen LogP contribution in [0.25, 0.3) is 11.2 Å². The molecule has 0 radical (unpaired) electrons. The molecule has 3 aromatic heterocycles. The van der Waals surface area contributed by atoms with E-state index in [1.165, 1.54) is 16.7 Å². The van der Waals surface area contributed by atoms with Crippen LogP contribution in [-0.4, -0.2) is 36.9 Å². The summed E-state index contributed by atoms with van der Waals surface area (Å²) in [5, 5.41) is 12.2. The first-order valence-electron chi connectivity index (χ1n) is 10.4. The molecule has 0 unspecified atom stereocenters. The van der Waals surface area contributed by atoms with E-state index in [2.05, 4.69) is 20.3 Å². The van der Waals surface area contributed by atoms with Gasteiger partial charge in [0, 0.05) is 29.4 Å². The molecular weight excluding hydrogens is 407 g/mol. The Balaban J connectivity index is 1.48. The fourth-order valence-electron chi connectivity index (χ4n) is 4.02. The van der Waals surface area contributed by atoms with E-state index in [4.69, 9.17) is 0 Å². The molecule has 0 aliphatic heterocycles. The highest BCUT2D eigenvalue weighted by Gasteiger charge is 2.46. The molecule has 3 heterocycles. The lowest BCUT2D eigenvalue weighted by atomic mass is 9.99. The Kier molecular flexibility index (Phi) is 4.92. The van der Waals surface area contributed by atoms with Crippen LogP contribution in [0.15, 0.2) is 30.7 Å². The molecule has 0 atom stereocenters. The molecule has 31 heavy (non-hydrogen) atoms. The molecule has 0 bridgehead atoms. The number of hydrogen-bond donors (Lipinski definition) is 2. The molecule has 3 aromatic rings. The monoisotopic (exact) mass is 429 g/mol. The zero-order chi connectivity index (χ0) is 21.6. The maximum absolute atomic E-state index is 14.7. The number of pyridine rings is 1. The summed E-state index contributed by atoms with van der Waals surface area (Å²) in [6, 6.07) is 1.41. The number of rotatable bonds is 6. The average Bonchev–Trinajstić information content (AvgIpc) is 3.56. The second-order valence-electron chi connectivity index (χ2n) is 8.13. The summed E-state index contributed by atoms with van der Waals surface area (Å²) < 4.78 is 44.2. The first kappa shape index (κ1) is 20.0. The lowest BCUT2D eigenvalue weighted by Gasteiger charge is -2.17. The number of aryl methyl sites for hydroxylation is 1. The van der Waals surface area contributed by atoms with Gasteiger partial charge < -0.3 is 10.4 Å². The Hall–Kier alpha value is -2.94. The summed E-state index contributed by atoms with van der Waals surface area (Å²) in [6.45, 7) is -0.741. The highest BCUT2D eigenvalue weighted by Crippen LogP contribution is 2.43. The third-order valence-electron chi connectivity index (χ3n) is 5.89. The number of nitrogens with zero attached hydrogens (tertiary/aromatic N) is 4. The van der Waals surface area contributed by atoms with Crippen LogP contribution < -0.4 is 5.32 Å². The van der Waals surface area contributed by atoms with Gasteiger partial charge in [0.25, 0.3) is 5.92 Å². The second kappa shape index (κ2) is 7.64. The number of imidazole rings is 1. The minimum absolute atomic E-state index is 0.148. The van der Waals surface area contributed by atoms with E-state index in [0.717, 1.165) is 29.7 Å². The van der Waals surface area contributed by atoms with Gasteiger partial charge in [-0.15, -0.1) is 0 Å². The number of alkyl halides is 2. The molecule has 162 valence electrons. The normalized spacial score (nSPS) is 16.7. The molecule has 2 aliphatic rings. The summed E-state index contributed by atoms with van der Waals surface area (Å²) in [5.41, 5.74) is 3.52. The van der Waals surface area contributed by atoms with Crippen molar-refractivity contribution in [1.82, 2.24) is 19.4 Å². The summed E-state index contributed by atoms with van der Waals surface area (Å²) in [4.78, 5) is 12.8. The molecule has 0 aromatic carbocycles. The number of fused-ring (bicyclic) bond motifs is 2. The van der Waals surface area contributed by atoms with Gasteiger partial charge in [0.2, 0.25) is 5.95 Å². The third kappa shape index (κ3) is 3.78. The van der Waals surface area contributed by atoms with Gasteiger partial charge in [-0.1, -0.05) is 6.08 Å². The lowest BCUT2D eigenvalue weighted by molar-refractivity contribution is -0.00832. The van der Waals surface area contributed by atoms with E-state index in [-0.39, 0.29) is 18.2 Å². The molecule has 1 fully saturated rings. The van der Waals surface area contributed by atoms with Crippen molar-refractivity contribution < 1.29 is 18.3 Å². The van der Waals surface area contributed by atoms with Crippen molar-refractivity contribution in [3.05, 3.63) is 59.1 Å². The van der Waals surface area contributed by atoms with Gasteiger partial charge in [-0.3, -0.25) is 4.40 Å². The van der Waals surface area contributed by atoms with E-state index in [9.17, 15) is 18.3 Å². The number of halogens is 3. The maximum atomic E-state index is 14.7. The topological polar surface area (TPSA) is 75.3 Å². The number of hydrogen-bond acceptors (Lipinski definition) is 5. The van der Waals surface area contributed by atoms with Crippen molar-refractivity contribution in [3.63, 3.8) is 0 Å². The molecule has 0 spiro atoms. The molecule has 0 saturated heterocycles. The number of aliphatic hydroxyl groups is 1. The Morgan fingerprint density at radius 3 is 2.84 bits per heavy atom. The second-order valence-corrected chi connectivity index (χ2v) is 8.13. The molecule has 1 saturated carbocycles. The lowest BCUT2D eigenvalue weighted by Crippen LogP contribution is -2.30. The Morgan fingerprint density at radius 2 is 2.06 bits per heavy atom. The van der Waals surface area contributed by atoms with Crippen LogP contribution in [0.4, 0.5) is 19.1 Å². The van der Waals surface area contributed by atoms with Gasteiger partial charge in [0.05, 0.1) is 30.7 Å². The molecule has 5 rings (SSSR count). The smallest absolute Gasteiger partial charge is 0.267 e. The summed E-state index contributed by atoms with van der Waals surface area (Å²) in [7, 11) is 0. The summed E-state index contributed by atoms with van der Waals surface area (Å²) in [5.74, 6) is -3.62. The number of anilines is 1. The quantitative estimate of drug-likeness (QED) is 0.620. The summed E-state index contributed by atoms with van der Waals surface area (Å²) in [6.07, 6.45) is 10.2. The Morgan fingerprint density at radius 1 is 1.23 bits per heavy atom. The van der Waals surface area contributed by atoms with Crippen LogP contribution in [-0.2, 0) is 13.0 Å². The third-order valence-corrected chi connectivity index (χ3v) is 5.89. The maximum Gasteiger partial charge on any atom is 0.267 e. The Labute approximate surface area is 176 Å². The molecular formula is C22H22F3N5O. The minimum Gasteiger partial charge on any atom is -0.390 e.